The van der Waals surface area contributed by atoms with Crippen molar-refractivity contribution in [1.29, 1.82) is 0 Å². The quantitative estimate of drug-likeness (QED) is 0.630. The molecule has 0 aliphatic rings. The maximum absolute atomic E-state index is 11.0. The Labute approximate surface area is 68.5 Å². The van der Waals surface area contributed by atoms with Gasteiger partial charge < -0.3 is 0 Å². The zero-order valence-corrected chi connectivity index (χ0v) is 7.82. The van der Waals surface area contributed by atoms with Crippen molar-refractivity contribution in [2.45, 2.75) is 13.8 Å². The first-order chi connectivity index (χ1) is 4.98. The molecule has 1 N–H and O–H groups in total. The molecule has 0 saturated heterocycles. The molecule has 0 aromatic heterocycles. The Hall–Kier alpha value is -0.350. The molecule has 3 nitrogen and oxygen atoms in total. The summed E-state index contributed by atoms with van der Waals surface area (Å²) < 4.78 is 24.5. The molecule has 0 spiro atoms. The average Bonchev–Trinajstić information content (AvgIpc) is 1.81. The third-order valence-electron chi connectivity index (χ3n) is 1.00. The SMILES string of the molecule is C=CCNS(=O)(=O)CC(C)C. The number of hydrogen-bond donors (Lipinski definition) is 1. The van der Waals surface area contributed by atoms with Gasteiger partial charge in [-0.05, 0) is 5.92 Å². The van der Waals surface area contributed by atoms with Gasteiger partial charge in [0.05, 0.1) is 5.75 Å². The lowest BCUT2D eigenvalue weighted by Crippen LogP contribution is -2.28. The van der Waals surface area contributed by atoms with E-state index in [0.717, 1.165) is 0 Å². The van der Waals surface area contributed by atoms with Crippen molar-refractivity contribution in [2.75, 3.05) is 12.3 Å². The maximum Gasteiger partial charge on any atom is 0.212 e. The van der Waals surface area contributed by atoms with E-state index in [4.69, 9.17) is 0 Å². The van der Waals surface area contributed by atoms with E-state index in [9.17, 15) is 8.42 Å². The molecule has 0 saturated carbocycles. The van der Waals surface area contributed by atoms with E-state index >= 15 is 0 Å². The fraction of sp³-hybridized carbons (Fsp3) is 0.714. The number of hydrogen-bond acceptors (Lipinski definition) is 2. The highest BCUT2D eigenvalue weighted by molar-refractivity contribution is 7.89. The van der Waals surface area contributed by atoms with Gasteiger partial charge in [-0.15, -0.1) is 6.58 Å². The topological polar surface area (TPSA) is 46.2 Å². The van der Waals surface area contributed by atoms with Crippen molar-refractivity contribution in [2.24, 2.45) is 5.92 Å². The van der Waals surface area contributed by atoms with Crippen molar-refractivity contribution in [3.8, 4) is 0 Å². The molecule has 0 unspecified atom stereocenters. The molecule has 66 valence electrons. The summed E-state index contributed by atoms with van der Waals surface area (Å²) in [7, 11) is -3.06. The highest BCUT2D eigenvalue weighted by atomic mass is 32.2. The minimum absolute atomic E-state index is 0.164. The van der Waals surface area contributed by atoms with E-state index in [2.05, 4.69) is 11.3 Å². The normalized spacial score (nSPS) is 11.9. The summed E-state index contributed by atoms with van der Waals surface area (Å²) in [6.45, 7) is 7.47. The molecule has 0 bridgehead atoms. The Morgan fingerprint density at radius 3 is 2.45 bits per heavy atom. The zero-order chi connectivity index (χ0) is 8.91. The van der Waals surface area contributed by atoms with Crippen molar-refractivity contribution in [1.82, 2.24) is 4.72 Å². The monoisotopic (exact) mass is 177 g/mol. The van der Waals surface area contributed by atoms with Crippen LogP contribution in [0.5, 0.6) is 0 Å². The molecular weight excluding hydrogens is 162 g/mol. The predicted molar refractivity (Wildman–Crippen MR) is 46.8 cm³/mol. The van der Waals surface area contributed by atoms with E-state index < -0.39 is 10.0 Å². The summed E-state index contributed by atoms with van der Waals surface area (Å²) in [5, 5.41) is 0. The lowest BCUT2D eigenvalue weighted by Gasteiger charge is -2.05. The minimum atomic E-state index is -3.06. The summed E-state index contributed by atoms with van der Waals surface area (Å²) in [6.07, 6.45) is 1.53. The lowest BCUT2D eigenvalue weighted by molar-refractivity contribution is 0.572. The Morgan fingerprint density at radius 2 is 2.09 bits per heavy atom. The third-order valence-corrected chi connectivity index (χ3v) is 2.71. The van der Waals surface area contributed by atoms with Gasteiger partial charge in [0.15, 0.2) is 0 Å². The van der Waals surface area contributed by atoms with Crippen molar-refractivity contribution < 1.29 is 8.42 Å². The van der Waals surface area contributed by atoms with Crippen LogP contribution in [0.1, 0.15) is 13.8 Å². The highest BCUT2D eigenvalue weighted by Gasteiger charge is 2.10. The molecule has 0 rings (SSSR count). The largest absolute Gasteiger partial charge is 0.212 e. The van der Waals surface area contributed by atoms with Gasteiger partial charge in [-0.1, -0.05) is 19.9 Å². The van der Waals surface area contributed by atoms with E-state index in [1.807, 2.05) is 13.8 Å². The molecule has 0 atom stereocenters. The van der Waals surface area contributed by atoms with Crippen LogP contribution in [-0.2, 0) is 10.0 Å². The van der Waals surface area contributed by atoms with Crippen LogP contribution in [0.3, 0.4) is 0 Å². The van der Waals surface area contributed by atoms with Gasteiger partial charge in [-0.2, -0.15) is 0 Å². The predicted octanol–water partition coefficient (Wildman–Crippen LogP) is 0.748. The van der Waals surface area contributed by atoms with Gasteiger partial charge in [0, 0.05) is 6.54 Å². The molecule has 0 aliphatic carbocycles. The fourth-order valence-electron chi connectivity index (χ4n) is 0.684. The summed E-state index contributed by atoms with van der Waals surface area (Å²) in [4.78, 5) is 0. The lowest BCUT2D eigenvalue weighted by atomic mass is 10.3. The van der Waals surface area contributed by atoms with Crippen LogP contribution in [0, 0.1) is 5.92 Å². The second-order valence-electron chi connectivity index (χ2n) is 2.81. The summed E-state index contributed by atoms with van der Waals surface area (Å²) in [5.74, 6) is 0.346. The Bertz CT molecular complexity index is 206. The minimum Gasteiger partial charge on any atom is -0.212 e. The second-order valence-corrected chi connectivity index (χ2v) is 4.66. The van der Waals surface area contributed by atoms with Gasteiger partial charge in [0.1, 0.15) is 0 Å². The Balaban J connectivity index is 3.91. The molecule has 0 aliphatic heterocycles. The van der Waals surface area contributed by atoms with Crippen LogP contribution >= 0.6 is 0 Å². The van der Waals surface area contributed by atoms with Gasteiger partial charge in [-0.3, -0.25) is 0 Å². The molecular formula is C7H15NO2S. The van der Waals surface area contributed by atoms with Crippen molar-refractivity contribution in [3.63, 3.8) is 0 Å². The van der Waals surface area contributed by atoms with Crippen LogP contribution in [0.15, 0.2) is 12.7 Å². The maximum atomic E-state index is 11.0. The molecule has 11 heavy (non-hydrogen) atoms. The highest BCUT2D eigenvalue weighted by Crippen LogP contribution is 1.96. The molecule has 0 heterocycles. The van der Waals surface area contributed by atoms with Crippen molar-refractivity contribution >= 4 is 10.0 Å². The smallest absolute Gasteiger partial charge is 0.212 e. The van der Waals surface area contributed by atoms with E-state index in [0.29, 0.717) is 6.54 Å². The number of nitrogens with one attached hydrogen (secondary N) is 1. The zero-order valence-electron chi connectivity index (χ0n) is 7.00. The van der Waals surface area contributed by atoms with Crippen LogP contribution in [0.25, 0.3) is 0 Å². The fourth-order valence-corrected chi connectivity index (χ4v) is 2.05. The van der Waals surface area contributed by atoms with Gasteiger partial charge in [-0.25, -0.2) is 13.1 Å². The van der Waals surface area contributed by atoms with E-state index in [1.54, 1.807) is 0 Å². The second kappa shape index (κ2) is 4.51. The first kappa shape index (κ1) is 10.7. The third kappa shape index (κ3) is 6.06. The Morgan fingerprint density at radius 1 is 1.55 bits per heavy atom. The first-order valence-corrected chi connectivity index (χ1v) is 5.21. The summed E-state index contributed by atoms with van der Waals surface area (Å²) >= 11 is 0. The van der Waals surface area contributed by atoms with Crippen LogP contribution in [0.2, 0.25) is 0 Å². The molecule has 4 heteroatoms. The molecule has 0 radical (unpaired) electrons. The van der Waals surface area contributed by atoms with Crippen LogP contribution in [-0.4, -0.2) is 20.7 Å². The molecule has 0 amide bonds. The van der Waals surface area contributed by atoms with E-state index in [-0.39, 0.29) is 11.7 Å². The summed E-state index contributed by atoms with van der Waals surface area (Å²) in [6, 6.07) is 0. The number of rotatable bonds is 5. The van der Waals surface area contributed by atoms with Gasteiger partial charge in [0.25, 0.3) is 0 Å². The first-order valence-electron chi connectivity index (χ1n) is 3.56. The van der Waals surface area contributed by atoms with Crippen LogP contribution < -0.4 is 4.72 Å². The van der Waals surface area contributed by atoms with Crippen LogP contribution in [0.4, 0.5) is 0 Å². The van der Waals surface area contributed by atoms with Gasteiger partial charge >= 0.3 is 0 Å². The standard InChI is InChI=1S/C7H15NO2S/c1-4-5-8-11(9,10)6-7(2)3/h4,7-8H,1,5-6H2,2-3H3. The van der Waals surface area contributed by atoms with Gasteiger partial charge in [0.2, 0.25) is 10.0 Å². The Kier molecular flexibility index (Phi) is 4.37. The molecule has 0 aromatic carbocycles. The summed E-state index contributed by atoms with van der Waals surface area (Å²) in [5.41, 5.74) is 0. The van der Waals surface area contributed by atoms with E-state index in [1.165, 1.54) is 6.08 Å². The van der Waals surface area contributed by atoms with Crippen molar-refractivity contribution in [3.05, 3.63) is 12.7 Å². The average molecular weight is 177 g/mol. The molecule has 0 fully saturated rings. The number of sulfonamides is 1. The molecule has 0 aromatic rings.